The number of rotatable bonds is 9. The first-order chi connectivity index (χ1) is 8.74. The summed E-state index contributed by atoms with van der Waals surface area (Å²) in [5.74, 6) is 0. The van der Waals surface area contributed by atoms with E-state index >= 15 is 0 Å². The fraction of sp³-hybridized carbons (Fsp3) is 1.00. The van der Waals surface area contributed by atoms with Crippen LogP contribution in [0.1, 0.15) is 39.5 Å². The minimum absolute atomic E-state index is 0.376. The van der Waals surface area contributed by atoms with Crippen molar-refractivity contribution in [1.29, 1.82) is 0 Å². The summed E-state index contributed by atoms with van der Waals surface area (Å²) in [6.45, 7) is 9.43. The molecule has 1 rings (SSSR count). The number of ether oxygens (including phenoxy) is 1. The first kappa shape index (κ1) is 15.9. The molecular weight excluding hydrogens is 228 g/mol. The highest BCUT2D eigenvalue weighted by Crippen LogP contribution is 2.15. The fourth-order valence-corrected chi connectivity index (χ4v) is 2.48. The average Bonchev–Trinajstić information content (AvgIpc) is 2.38. The molecule has 18 heavy (non-hydrogen) atoms. The molecule has 1 aliphatic heterocycles. The lowest BCUT2D eigenvalue weighted by molar-refractivity contribution is 0.0427. The molecule has 0 aromatic carbocycles. The maximum Gasteiger partial charge on any atom is 0.0897 e. The zero-order valence-electron chi connectivity index (χ0n) is 12.0. The predicted molar refractivity (Wildman–Crippen MR) is 74.9 cm³/mol. The molecule has 0 aliphatic carbocycles. The number of piperidine rings is 1. The summed E-state index contributed by atoms with van der Waals surface area (Å²) < 4.78 is 5.16. The molecule has 2 N–H and O–H groups in total. The van der Waals surface area contributed by atoms with E-state index in [1.807, 2.05) is 6.92 Å². The first-order valence-corrected chi connectivity index (χ1v) is 7.44. The summed E-state index contributed by atoms with van der Waals surface area (Å²) >= 11 is 0. The van der Waals surface area contributed by atoms with Crippen molar-refractivity contribution in [3.63, 3.8) is 0 Å². The van der Waals surface area contributed by atoms with Gasteiger partial charge in [0, 0.05) is 19.2 Å². The van der Waals surface area contributed by atoms with Gasteiger partial charge in [0.15, 0.2) is 0 Å². The molecule has 4 nitrogen and oxygen atoms in total. The molecule has 0 saturated carbocycles. The Morgan fingerprint density at radius 3 is 3.00 bits per heavy atom. The van der Waals surface area contributed by atoms with Crippen LogP contribution in [-0.2, 0) is 4.74 Å². The van der Waals surface area contributed by atoms with Crippen LogP contribution in [0.25, 0.3) is 0 Å². The van der Waals surface area contributed by atoms with E-state index in [1.165, 1.54) is 32.4 Å². The van der Waals surface area contributed by atoms with E-state index in [9.17, 15) is 5.11 Å². The van der Waals surface area contributed by atoms with Crippen molar-refractivity contribution < 1.29 is 9.84 Å². The number of likely N-dealkylation sites (tertiary alicyclic amines) is 1. The molecule has 1 saturated heterocycles. The Bertz CT molecular complexity index is 202. The number of hydrogen-bond donors (Lipinski definition) is 2. The smallest absolute Gasteiger partial charge is 0.0897 e. The van der Waals surface area contributed by atoms with Gasteiger partial charge in [-0.25, -0.2) is 0 Å². The third-order valence-corrected chi connectivity index (χ3v) is 3.63. The Morgan fingerprint density at radius 2 is 2.28 bits per heavy atom. The van der Waals surface area contributed by atoms with Gasteiger partial charge in [-0.15, -0.1) is 0 Å². The van der Waals surface area contributed by atoms with Gasteiger partial charge < -0.3 is 20.1 Å². The second-order valence-corrected chi connectivity index (χ2v) is 5.25. The van der Waals surface area contributed by atoms with Crippen LogP contribution < -0.4 is 5.32 Å². The van der Waals surface area contributed by atoms with Crippen LogP contribution in [0.4, 0.5) is 0 Å². The molecule has 1 heterocycles. The molecule has 1 aliphatic rings. The summed E-state index contributed by atoms with van der Waals surface area (Å²) in [5, 5.41) is 12.9. The Labute approximate surface area is 112 Å². The van der Waals surface area contributed by atoms with Gasteiger partial charge in [-0.2, -0.15) is 0 Å². The zero-order valence-corrected chi connectivity index (χ0v) is 12.0. The van der Waals surface area contributed by atoms with Gasteiger partial charge in [0.1, 0.15) is 0 Å². The third kappa shape index (κ3) is 6.69. The highest BCUT2D eigenvalue weighted by molar-refractivity contribution is 4.73. The molecule has 2 atom stereocenters. The highest BCUT2D eigenvalue weighted by atomic mass is 16.5. The van der Waals surface area contributed by atoms with Crippen molar-refractivity contribution in [1.82, 2.24) is 10.2 Å². The predicted octanol–water partition coefficient (Wildman–Crippen LogP) is 1.24. The van der Waals surface area contributed by atoms with E-state index in [-0.39, 0.29) is 6.10 Å². The van der Waals surface area contributed by atoms with Crippen LogP contribution in [0.15, 0.2) is 0 Å². The van der Waals surface area contributed by atoms with Crippen molar-refractivity contribution in [2.75, 3.05) is 39.4 Å². The maximum absolute atomic E-state index is 9.57. The number of nitrogens with one attached hydrogen (secondary N) is 1. The van der Waals surface area contributed by atoms with Crippen LogP contribution >= 0.6 is 0 Å². The largest absolute Gasteiger partial charge is 0.389 e. The Morgan fingerprint density at radius 1 is 1.44 bits per heavy atom. The van der Waals surface area contributed by atoms with Crippen LogP contribution in [0.3, 0.4) is 0 Å². The van der Waals surface area contributed by atoms with E-state index < -0.39 is 0 Å². The van der Waals surface area contributed by atoms with Crippen molar-refractivity contribution in [2.45, 2.75) is 51.7 Å². The van der Waals surface area contributed by atoms with Crippen molar-refractivity contribution in [3.8, 4) is 0 Å². The van der Waals surface area contributed by atoms with Gasteiger partial charge in [-0.05, 0) is 52.7 Å². The molecule has 0 spiro atoms. The van der Waals surface area contributed by atoms with Gasteiger partial charge in [0.2, 0.25) is 0 Å². The summed E-state index contributed by atoms with van der Waals surface area (Å²) in [5.41, 5.74) is 0. The molecular formula is C14H30N2O2. The van der Waals surface area contributed by atoms with Crippen molar-refractivity contribution in [3.05, 3.63) is 0 Å². The third-order valence-electron chi connectivity index (χ3n) is 3.63. The quantitative estimate of drug-likeness (QED) is 0.611. The second-order valence-electron chi connectivity index (χ2n) is 5.25. The summed E-state index contributed by atoms with van der Waals surface area (Å²) in [6, 6.07) is 0.752. The normalized spacial score (nSPS) is 23.2. The van der Waals surface area contributed by atoms with Crippen molar-refractivity contribution >= 4 is 0 Å². The molecule has 4 heteroatoms. The molecule has 108 valence electrons. The average molecular weight is 258 g/mol. The highest BCUT2D eigenvalue weighted by Gasteiger charge is 2.16. The van der Waals surface area contributed by atoms with Gasteiger partial charge in [0.05, 0.1) is 12.7 Å². The van der Waals surface area contributed by atoms with Crippen molar-refractivity contribution in [2.24, 2.45) is 0 Å². The maximum atomic E-state index is 9.57. The summed E-state index contributed by atoms with van der Waals surface area (Å²) in [6.07, 6.45) is 4.87. The van der Waals surface area contributed by atoms with Gasteiger partial charge in [-0.1, -0.05) is 6.42 Å². The number of aliphatic hydroxyl groups excluding tert-OH is 1. The monoisotopic (exact) mass is 258 g/mol. The van der Waals surface area contributed by atoms with Gasteiger partial charge in [0.25, 0.3) is 0 Å². The molecule has 0 radical (unpaired) electrons. The zero-order chi connectivity index (χ0) is 13.2. The van der Waals surface area contributed by atoms with Crippen LogP contribution in [0.2, 0.25) is 0 Å². The van der Waals surface area contributed by atoms with Crippen LogP contribution in [0.5, 0.6) is 0 Å². The lowest BCUT2D eigenvalue weighted by atomic mass is 10.0. The minimum Gasteiger partial charge on any atom is -0.389 e. The minimum atomic E-state index is -0.376. The topological polar surface area (TPSA) is 44.7 Å². The lowest BCUT2D eigenvalue weighted by Gasteiger charge is -2.33. The molecule has 0 bridgehead atoms. The van der Waals surface area contributed by atoms with Crippen LogP contribution in [0, 0.1) is 0 Å². The fourth-order valence-electron chi connectivity index (χ4n) is 2.48. The molecule has 0 amide bonds. The van der Waals surface area contributed by atoms with Gasteiger partial charge >= 0.3 is 0 Å². The molecule has 0 aromatic heterocycles. The Hall–Kier alpha value is -0.160. The summed E-state index contributed by atoms with van der Waals surface area (Å²) in [7, 11) is 0. The van der Waals surface area contributed by atoms with E-state index in [2.05, 4.69) is 17.1 Å². The van der Waals surface area contributed by atoms with E-state index in [0.29, 0.717) is 19.8 Å². The number of aliphatic hydroxyl groups is 1. The standard InChI is InChI=1S/C14H30N2O2/c1-3-18-12-14(17)11-15-8-6-10-16-9-5-4-7-13(16)2/h13-15,17H,3-12H2,1-2H3. The van der Waals surface area contributed by atoms with E-state index in [4.69, 9.17) is 4.74 Å². The number of hydrogen-bond acceptors (Lipinski definition) is 4. The summed E-state index contributed by atoms with van der Waals surface area (Å²) in [4.78, 5) is 2.59. The van der Waals surface area contributed by atoms with E-state index in [1.54, 1.807) is 0 Å². The van der Waals surface area contributed by atoms with E-state index in [0.717, 1.165) is 19.0 Å². The number of nitrogens with zero attached hydrogens (tertiary/aromatic N) is 1. The first-order valence-electron chi connectivity index (χ1n) is 7.44. The second kappa shape index (κ2) is 9.73. The Kier molecular flexibility index (Phi) is 8.59. The molecule has 2 unspecified atom stereocenters. The Balaban J connectivity index is 1.94. The van der Waals surface area contributed by atoms with Crippen LogP contribution in [-0.4, -0.2) is 61.5 Å². The SMILES string of the molecule is CCOCC(O)CNCCCN1CCCCC1C. The van der Waals surface area contributed by atoms with Gasteiger partial charge in [-0.3, -0.25) is 0 Å². The molecule has 0 aromatic rings. The molecule has 1 fully saturated rings. The lowest BCUT2D eigenvalue weighted by Crippen LogP contribution is -2.39.